The third-order valence-corrected chi connectivity index (χ3v) is 4.07. The van der Waals surface area contributed by atoms with E-state index in [2.05, 4.69) is 31.2 Å². The second kappa shape index (κ2) is 7.12. The van der Waals surface area contributed by atoms with E-state index in [1.54, 1.807) is 12.0 Å². The van der Waals surface area contributed by atoms with Crippen LogP contribution in [-0.4, -0.2) is 25.0 Å². The van der Waals surface area contributed by atoms with Crippen LogP contribution in [0.15, 0.2) is 48.5 Å². The Labute approximate surface area is 132 Å². The van der Waals surface area contributed by atoms with Crippen molar-refractivity contribution in [3.05, 3.63) is 65.2 Å². The number of para-hydroxylation sites is 1. The third-order valence-electron chi connectivity index (χ3n) is 4.07. The SMILES string of the molecule is COc1ccccc1CC(=O)N(C)C(C)c1ccc(C)cc1. The van der Waals surface area contributed by atoms with Gasteiger partial charge >= 0.3 is 0 Å². The van der Waals surface area contributed by atoms with Gasteiger partial charge in [0.1, 0.15) is 5.75 Å². The normalized spacial score (nSPS) is 11.8. The largest absolute Gasteiger partial charge is 0.496 e. The molecule has 1 atom stereocenters. The zero-order chi connectivity index (χ0) is 16.1. The number of hydrogen-bond donors (Lipinski definition) is 0. The van der Waals surface area contributed by atoms with Crippen LogP contribution < -0.4 is 4.74 Å². The minimum atomic E-state index is 0.0443. The van der Waals surface area contributed by atoms with Crippen LogP contribution in [0.4, 0.5) is 0 Å². The topological polar surface area (TPSA) is 29.5 Å². The summed E-state index contributed by atoms with van der Waals surface area (Å²) in [5.41, 5.74) is 3.28. The Bertz CT molecular complexity index is 634. The minimum Gasteiger partial charge on any atom is -0.496 e. The van der Waals surface area contributed by atoms with E-state index in [0.29, 0.717) is 6.42 Å². The lowest BCUT2D eigenvalue weighted by molar-refractivity contribution is -0.131. The summed E-state index contributed by atoms with van der Waals surface area (Å²) in [6, 6.07) is 16.0. The summed E-state index contributed by atoms with van der Waals surface area (Å²) >= 11 is 0. The van der Waals surface area contributed by atoms with Gasteiger partial charge in [0, 0.05) is 12.6 Å². The standard InChI is InChI=1S/C19H23NO2/c1-14-9-11-16(12-10-14)15(2)20(3)19(21)13-17-7-5-6-8-18(17)22-4/h5-12,15H,13H2,1-4H3. The van der Waals surface area contributed by atoms with Crippen LogP contribution in [0, 0.1) is 6.92 Å². The summed E-state index contributed by atoms with van der Waals surface area (Å²) in [7, 11) is 3.48. The van der Waals surface area contributed by atoms with Crippen molar-refractivity contribution in [2.45, 2.75) is 26.3 Å². The number of likely N-dealkylation sites (N-methyl/N-ethyl adjacent to an activating group) is 1. The summed E-state index contributed by atoms with van der Waals surface area (Å²) in [6.07, 6.45) is 0.344. The molecule has 0 aromatic heterocycles. The van der Waals surface area contributed by atoms with Gasteiger partial charge < -0.3 is 9.64 Å². The highest BCUT2D eigenvalue weighted by molar-refractivity contribution is 5.79. The summed E-state index contributed by atoms with van der Waals surface area (Å²) in [4.78, 5) is 14.3. The van der Waals surface area contributed by atoms with Gasteiger partial charge in [-0.1, -0.05) is 48.0 Å². The van der Waals surface area contributed by atoms with Gasteiger partial charge in [-0.2, -0.15) is 0 Å². The van der Waals surface area contributed by atoms with Crippen molar-refractivity contribution in [3.8, 4) is 5.75 Å². The molecule has 0 fully saturated rings. The Balaban J connectivity index is 2.10. The van der Waals surface area contributed by atoms with Crippen molar-refractivity contribution in [1.29, 1.82) is 0 Å². The molecule has 0 spiro atoms. The van der Waals surface area contributed by atoms with Gasteiger partial charge in [0.25, 0.3) is 0 Å². The number of aryl methyl sites for hydroxylation is 1. The van der Waals surface area contributed by atoms with E-state index in [1.165, 1.54) is 5.56 Å². The van der Waals surface area contributed by atoms with Crippen LogP contribution in [-0.2, 0) is 11.2 Å². The molecule has 0 heterocycles. The Morgan fingerprint density at radius 2 is 1.77 bits per heavy atom. The van der Waals surface area contributed by atoms with Crippen LogP contribution in [0.2, 0.25) is 0 Å². The van der Waals surface area contributed by atoms with Crippen molar-refractivity contribution in [3.63, 3.8) is 0 Å². The fourth-order valence-corrected chi connectivity index (χ4v) is 2.42. The molecule has 0 aliphatic carbocycles. The number of benzene rings is 2. The number of carbonyl (C=O) groups excluding carboxylic acids is 1. The number of amides is 1. The van der Waals surface area contributed by atoms with Gasteiger partial charge in [-0.05, 0) is 25.5 Å². The van der Waals surface area contributed by atoms with E-state index in [9.17, 15) is 4.79 Å². The van der Waals surface area contributed by atoms with Crippen LogP contribution >= 0.6 is 0 Å². The van der Waals surface area contributed by atoms with E-state index < -0.39 is 0 Å². The molecule has 0 saturated carbocycles. The molecule has 1 unspecified atom stereocenters. The molecule has 116 valence electrons. The van der Waals surface area contributed by atoms with E-state index in [1.807, 2.05) is 38.2 Å². The molecule has 0 bridgehead atoms. The van der Waals surface area contributed by atoms with Crippen molar-refractivity contribution < 1.29 is 9.53 Å². The molecular weight excluding hydrogens is 274 g/mol. The van der Waals surface area contributed by atoms with Gasteiger partial charge in [-0.3, -0.25) is 4.79 Å². The fraction of sp³-hybridized carbons (Fsp3) is 0.316. The quantitative estimate of drug-likeness (QED) is 0.841. The van der Waals surface area contributed by atoms with E-state index >= 15 is 0 Å². The van der Waals surface area contributed by atoms with Gasteiger partial charge in [-0.15, -0.1) is 0 Å². The number of carbonyl (C=O) groups is 1. The first-order chi connectivity index (χ1) is 10.5. The third kappa shape index (κ3) is 3.67. The molecule has 0 aliphatic rings. The first kappa shape index (κ1) is 16.1. The number of nitrogens with zero attached hydrogens (tertiary/aromatic N) is 1. The van der Waals surface area contributed by atoms with Crippen molar-refractivity contribution in [2.75, 3.05) is 14.2 Å². The molecule has 2 aromatic rings. The predicted molar refractivity (Wildman–Crippen MR) is 89.1 cm³/mol. The van der Waals surface area contributed by atoms with Crippen LogP contribution in [0.1, 0.15) is 29.7 Å². The van der Waals surface area contributed by atoms with Gasteiger partial charge in [-0.25, -0.2) is 0 Å². The number of methoxy groups -OCH3 is 1. The molecule has 0 radical (unpaired) electrons. The number of hydrogen-bond acceptors (Lipinski definition) is 2. The van der Waals surface area contributed by atoms with E-state index in [-0.39, 0.29) is 11.9 Å². The molecular formula is C19H23NO2. The lowest BCUT2D eigenvalue weighted by Crippen LogP contribution is -2.31. The second-order valence-corrected chi connectivity index (χ2v) is 5.58. The molecule has 22 heavy (non-hydrogen) atoms. The number of rotatable bonds is 5. The van der Waals surface area contributed by atoms with Crippen molar-refractivity contribution >= 4 is 5.91 Å². The zero-order valence-electron chi connectivity index (χ0n) is 13.7. The van der Waals surface area contributed by atoms with E-state index in [4.69, 9.17) is 4.74 Å². The molecule has 3 heteroatoms. The Morgan fingerprint density at radius 3 is 2.41 bits per heavy atom. The zero-order valence-corrected chi connectivity index (χ0v) is 13.7. The highest BCUT2D eigenvalue weighted by atomic mass is 16.5. The summed E-state index contributed by atoms with van der Waals surface area (Å²) in [6.45, 7) is 4.11. The van der Waals surface area contributed by atoms with Gasteiger partial charge in [0.15, 0.2) is 0 Å². The molecule has 2 rings (SSSR count). The maximum absolute atomic E-state index is 12.5. The molecule has 1 amide bonds. The second-order valence-electron chi connectivity index (χ2n) is 5.58. The van der Waals surface area contributed by atoms with Crippen LogP contribution in [0.25, 0.3) is 0 Å². The molecule has 0 aliphatic heterocycles. The summed E-state index contributed by atoms with van der Waals surface area (Å²) in [5.74, 6) is 0.838. The number of ether oxygens (including phenoxy) is 1. The first-order valence-corrected chi connectivity index (χ1v) is 7.47. The van der Waals surface area contributed by atoms with Crippen molar-refractivity contribution in [2.24, 2.45) is 0 Å². The average molecular weight is 297 g/mol. The summed E-state index contributed by atoms with van der Waals surface area (Å²) < 4.78 is 5.31. The Hall–Kier alpha value is -2.29. The molecule has 0 saturated heterocycles. The van der Waals surface area contributed by atoms with Gasteiger partial charge in [0.05, 0.1) is 19.6 Å². The summed E-state index contributed by atoms with van der Waals surface area (Å²) in [5, 5.41) is 0. The Kier molecular flexibility index (Phi) is 5.21. The van der Waals surface area contributed by atoms with Gasteiger partial charge in [0.2, 0.25) is 5.91 Å². The lowest BCUT2D eigenvalue weighted by Gasteiger charge is -2.26. The lowest BCUT2D eigenvalue weighted by atomic mass is 10.0. The average Bonchev–Trinajstić information content (AvgIpc) is 2.54. The maximum atomic E-state index is 12.5. The van der Waals surface area contributed by atoms with Crippen LogP contribution in [0.3, 0.4) is 0 Å². The van der Waals surface area contributed by atoms with Crippen molar-refractivity contribution in [1.82, 2.24) is 4.90 Å². The minimum absolute atomic E-state index is 0.0443. The maximum Gasteiger partial charge on any atom is 0.227 e. The highest BCUT2D eigenvalue weighted by Gasteiger charge is 2.18. The van der Waals surface area contributed by atoms with E-state index in [0.717, 1.165) is 16.9 Å². The Morgan fingerprint density at radius 1 is 1.14 bits per heavy atom. The fourth-order valence-electron chi connectivity index (χ4n) is 2.42. The molecule has 2 aromatic carbocycles. The predicted octanol–water partition coefficient (Wildman–Crippen LogP) is 3.77. The molecule has 0 N–H and O–H groups in total. The van der Waals surface area contributed by atoms with Crippen LogP contribution in [0.5, 0.6) is 5.75 Å². The first-order valence-electron chi connectivity index (χ1n) is 7.47. The monoisotopic (exact) mass is 297 g/mol. The smallest absolute Gasteiger partial charge is 0.227 e. The highest BCUT2D eigenvalue weighted by Crippen LogP contribution is 2.22. The molecule has 3 nitrogen and oxygen atoms in total.